The number of amides is 1. The summed E-state index contributed by atoms with van der Waals surface area (Å²) in [7, 11) is 0. The van der Waals surface area contributed by atoms with Gasteiger partial charge in [0.1, 0.15) is 0 Å². The average molecular weight is 248 g/mol. The molecule has 0 bridgehead atoms. The van der Waals surface area contributed by atoms with Crippen molar-refractivity contribution >= 4 is 11.7 Å². The lowest BCUT2D eigenvalue weighted by molar-refractivity contribution is 0.145. The number of aromatic nitrogens is 1. The van der Waals surface area contributed by atoms with Crippen molar-refractivity contribution in [3.63, 3.8) is 0 Å². The lowest BCUT2D eigenvalue weighted by Crippen LogP contribution is -2.37. The first kappa shape index (κ1) is 12.6. The molecular weight excluding hydrogens is 232 g/mol. The number of hydrogen-bond acceptors (Lipinski definition) is 3. The second-order valence-corrected chi connectivity index (χ2v) is 4.44. The van der Waals surface area contributed by atoms with Gasteiger partial charge in [0.2, 0.25) is 0 Å². The molecule has 1 aromatic heterocycles. The molecule has 1 aliphatic rings. The molecule has 5 heteroatoms. The summed E-state index contributed by atoms with van der Waals surface area (Å²) in [6.07, 6.45) is 2.77. The van der Waals surface area contributed by atoms with Gasteiger partial charge in [-0.15, -0.1) is 0 Å². The molecule has 0 aromatic carbocycles. The maximum Gasteiger partial charge on any atom is 0.407 e. The molecule has 0 radical (unpaired) electrons. The highest BCUT2D eigenvalue weighted by molar-refractivity contribution is 5.72. The number of aliphatic hydroxyl groups is 1. The van der Waals surface area contributed by atoms with Crippen LogP contribution in [-0.4, -0.2) is 39.3 Å². The van der Waals surface area contributed by atoms with Crippen LogP contribution >= 0.6 is 0 Å². The van der Waals surface area contributed by atoms with Crippen LogP contribution < -0.4 is 0 Å². The number of aliphatic hydroxyl groups excluding tert-OH is 1. The quantitative estimate of drug-likeness (QED) is 0.833. The zero-order chi connectivity index (χ0) is 13.1. The number of carbonyl (C=O) groups is 1. The van der Waals surface area contributed by atoms with Gasteiger partial charge in [-0.25, -0.2) is 4.79 Å². The van der Waals surface area contributed by atoms with E-state index >= 15 is 0 Å². The second-order valence-electron chi connectivity index (χ2n) is 4.44. The first-order chi connectivity index (χ1) is 8.61. The van der Waals surface area contributed by atoms with Crippen LogP contribution in [0, 0.1) is 5.92 Å². The van der Waals surface area contributed by atoms with E-state index in [-0.39, 0.29) is 12.5 Å². The van der Waals surface area contributed by atoms with Gasteiger partial charge in [0, 0.05) is 19.3 Å². The van der Waals surface area contributed by atoms with Crippen LogP contribution in [0.5, 0.6) is 0 Å². The largest absolute Gasteiger partial charge is 0.465 e. The monoisotopic (exact) mass is 248 g/mol. The molecule has 18 heavy (non-hydrogen) atoms. The predicted octanol–water partition coefficient (Wildman–Crippen LogP) is 1.59. The minimum atomic E-state index is -0.883. The Morgan fingerprint density at radius 2 is 2.33 bits per heavy atom. The maximum atomic E-state index is 10.9. The fourth-order valence-corrected chi connectivity index (χ4v) is 2.16. The van der Waals surface area contributed by atoms with Gasteiger partial charge in [-0.3, -0.25) is 4.98 Å². The molecule has 0 spiro atoms. The predicted molar refractivity (Wildman–Crippen MR) is 66.9 cm³/mol. The third kappa shape index (κ3) is 2.51. The van der Waals surface area contributed by atoms with Gasteiger partial charge in [0.15, 0.2) is 0 Å². The molecule has 1 aromatic rings. The van der Waals surface area contributed by atoms with Crippen molar-refractivity contribution in [3.8, 4) is 0 Å². The smallest absolute Gasteiger partial charge is 0.407 e. The molecule has 1 atom stereocenters. The van der Waals surface area contributed by atoms with Crippen molar-refractivity contribution in [2.24, 2.45) is 5.92 Å². The minimum Gasteiger partial charge on any atom is -0.465 e. The van der Waals surface area contributed by atoms with E-state index in [0.29, 0.717) is 18.8 Å². The van der Waals surface area contributed by atoms with Crippen molar-refractivity contribution in [1.82, 2.24) is 9.88 Å². The number of nitrogens with zero attached hydrogens (tertiary/aromatic N) is 2. The van der Waals surface area contributed by atoms with Crippen molar-refractivity contribution in [2.45, 2.75) is 13.5 Å². The number of pyridine rings is 1. The fraction of sp³-hybridized carbons (Fsp3) is 0.385. The standard InChI is InChI=1S/C13H16N2O3/c1-9-7-15(13(17)18)5-4-12(9)10-2-3-11(8-16)14-6-10/h2-4,6,9,16H,5,7-8H2,1H3,(H,17,18). The Labute approximate surface area is 105 Å². The van der Waals surface area contributed by atoms with E-state index in [1.807, 2.05) is 19.1 Å². The topological polar surface area (TPSA) is 73.7 Å². The first-order valence-electron chi connectivity index (χ1n) is 5.86. The van der Waals surface area contributed by atoms with Crippen LogP contribution in [0.1, 0.15) is 18.2 Å². The molecular formula is C13H16N2O3. The zero-order valence-electron chi connectivity index (χ0n) is 10.2. The zero-order valence-corrected chi connectivity index (χ0v) is 10.2. The van der Waals surface area contributed by atoms with E-state index in [0.717, 1.165) is 11.1 Å². The Bertz CT molecular complexity index is 468. The van der Waals surface area contributed by atoms with E-state index in [9.17, 15) is 4.79 Å². The summed E-state index contributed by atoms with van der Waals surface area (Å²) in [5, 5.41) is 17.9. The molecule has 2 N–H and O–H groups in total. The fourth-order valence-electron chi connectivity index (χ4n) is 2.16. The molecule has 1 unspecified atom stereocenters. The summed E-state index contributed by atoms with van der Waals surface area (Å²) in [6, 6.07) is 3.70. The second kappa shape index (κ2) is 5.18. The summed E-state index contributed by atoms with van der Waals surface area (Å²) in [4.78, 5) is 16.4. The Balaban J connectivity index is 2.20. The summed E-state index contributed by atoms with van der Waals surface area (Å²) in [5.41, 5.74) is 2.74. The van der Waals surface area contributed by atoms with E-state index in [1.165, 1.54) is 4.90 Å². The van der Waals surface area contributed by atoms with E-state index in [1.54, 1.807) is 12.3 Å². The highest BCUT2D eigenvalue weighted by Gasteiger charge is 2.22. The molecule has 96 valence electrons. The SMILES string of the molecule is CC1CN(C(=O)O)CC=C1c1ccc(CO)nc1. The Hall–Kier alpha value is -1.88. The summed E-state index contributed by atoms with van der Waals surface area (Å²) < 4.78 is 0. The normalized spacial score (nSPS) is 19.6. The average Bonchev–Trinajstić information content (AvgIpc) is 2.38. The van der Waals surface area contributed by atoms with E-state index < -0.39 is 6.09 Å². The van der Waals surface area contributed by atoms with Crippen LogP contribution in [0.2, 0.25) is 0 Å². The van der Waals surface area contributed by atoms with Gasteiger partial charge in [0.05, 0.1) is 12.3 Å². The van der Waals surface area contributed by atoms with Gasteiger partial charge in [-0.2, -0.15) is 0 Å². The lowest BCUT2D eigenvalue weighted by atomic mass is 9.91. The van der Waals surface area contributed by atoms with Gasteiger partial charge in [-0.05, 0) is 23.1 Å². The maximum absolute atomic E-state index is 10.9. The van der Waals surface area contributed by atoms with Crippen LogP contribution in [0.3, 0.4) is 0 Å². The Morgan fingerprint density at radius 3 is 2.83 bits per heavy atom. The molecule has 1 aliphatic heterocycles. The summed E-state index contributed by atoms with van der Waals surface area (Å²) >= 11 is 0. The number of carboxylic acid groups (broad SMARTS) is 1. The van der Waals surface area contributed by atoms with Crippen LogP contribution in [0.15, 0.2) is 24.4 Å². The third-order valence-corrected chi connectivity index (χ3v) is 3.15. The van der Waals surface area contributed by atoms with Gasteiger partial charge < -0.3 is 15.1 Å². The van der Waals surface area contributed by atoms with Crippen molar-refractivity contribution < 1.29 is 15.0 Å². The summed E-state index contributed by atoms with van der Waals surface area (Å²) in [5.74, 6) is 0.150. The van der Waals surface area contributed by atoms with Crippen LogP contribution in [0.4, 0.5) is 4.79 Å². The molecule has 0 saturated carbocycles. The molecule has 0 aliphatic carbocycles. The molecule has 2 rings (SSSR count). The van der Waals surface area contributed by atoms with Gasteiger partial charge in [0.25, 0.3) is 0 Å². The first-order valence-corrected chi connectivity index (χ1v) is 5.86. The third-order valence-electron chi connectivity index (χ3n) is 3.15. The molecule has 5 nitrogen and oxygen atoms in total. The summed E-state index contributed by atoms with van der Waals surface area (Å²) in [6.45, 7) is 2.85. The van der Waals surface area contributed by atoms with E-state index in [4.69, 9.17) is 10.2 Å². The number of rotatable bonds is 2. The lowest BCUT2D eigenvalue weighted by Gasteiger charge is -2.29. The molecule has 0 fully saturated rings. The molecule has 2 heterocycles. The van der Waals surface area contributed by atoms with E-state index in [2.05, 4.69) is 4.98 Å². The highest BCUT2D eigenvalue weighted by atomic mass is 16.4. The van der Waals surface area contributed by atoms with Crippen molar-refractivity contribution in [1.29, 1.82) is 0 Å². The Morgan fingerprint density at radius 1 is 1.56 bits per heavy atom. The van der Waals surface area contributed by atoms with Crippen LogP contribution in [0.25, 0.3) is 5.57 Å². The van der Waals surface area contributed by atoms with Crippen molar-refractivity contribution in [3.05, 3.63) is 35.7 Å². The Kier molecular flexibility index (Phi) is 3.62. The molecule has 1 amide bonds. The van der Waals surface area contributed by atoms with Gasteiger partial charge >= 0.3 is 6.09 Å². The number of hydrogen-bond donors (Lipinski definition) is 2. The highest BCUT2D eigenvalue weighted by Crippen LogP contribution is 2.27. The molecule has 0 saturated heterocycles. The van der Waals surface area contributed by atoms with Gasteiger partial charge in [-0.1, -0.05) is 19.1 Å². The van der Waals surface area contributed by atoms with Crippen molar-refractivity contribution in [2.75, 3.05) is 13.1 Å². The van der Waals surface area contributed by atoms with Crippen LogP contribution in [-0.2, 0) is 6.61 Å². The minimum absolute atomic E-state index is 0.0678.